The number of likely N-dealkylation sites (tertiary alicyclic amines) is 1. The van der Waals surface area contributed by atoms with E-state index >= 15 is 0 Å². The zero-order valence-electron chi connectivity index (χ0n) is 12.4. The van der Waals surface area contributed by atoms with Crippen LogP contribution in [0, 0.1) is 0 Å². The first-order valence-electron chi connectivity index (χ1n) is 8.09. The fraction of sp³-hybridized carbons (Fsp3) is 0.647. The Hall–Kier alpha value is -0.900. The molecule has 0 amide bonds. The molecule has 1 saturated carbocycles. The van der Waals surface area contributed by atoms with Gasteiger partial charge in [0, 0.05) is 38.3 Å². The molecule has 0 aromatic heterocycles. The van der Waals surface area contributed by atoms with Gasteiger partial charge in [-0.1, -0.05) is 30.3 Å². The molecule has 1 aromatic carbocycles. The first kappa shape index (κ1) is 14.1. The second-order valence-electron chi connectivity index (χ2n) is 6.27. The predicted octanol–water partition coefficient (Wildman–Crippen LogP) is 2.07. The SMILES string of the molecule is NCCN(C[C@H]1CCCN1Cc1ccccc1)C1CC1. The molecule has 3 heteroatoms. The van der Waals surface area contributed by atoms with E-state index < -0.39 is 0 Å². The maximum atomic E-state index is 5.77. The lowest BCUT2D eigenvalue weighted by Gasteiger charge is -2.30. The van der Waals surface area contributed by atoms with Crippen LogP contribution in [0.15, 0.2) is 30.3 Å². The highest BCUT2D eigenvalue weighted by Crippen LogP contribution is 2.29. The monoisotopic (exact) mass is 273 g/mol. The highest BCUT2D eigenvalue weighted by molar-refractivity contribution is 5.14. The summed E-state index contributed by atoms with van der Waals surface area (Å²) in [6, 6.07) is 12.4. The molecule has 2 fully saturated rings. The van der Waals surface area contributed by atoms with Crippen LogP contribution in [-0.4, -0.2) is 48.1 Å². The van der Waals surface area contributed by atoms with Gasteiger partial charge in [0.2, 0.25) is 0 Å². The highest BCUT2D eigenvalue weighted by atomic mass is 15.3. The van der Waals surface area contributed by atoms with Crippen molar-refractivity contribution in [1.29, 1.82) is 0 Å². The predicted molar refractivity (Wildman–Crippen MR) is 83.5 cm³/mol. The molecular formula is C17H27N3. The molecule has 20 heavy (non-hydrogen) atoms. The van der Waals surface area contributed by atoms with E-state index in [0.29, 0.717) is 0 Å². The average molecular weight is 273 g/mol. The highest BCUT2D eigenvalue weighted by Gasteiger charge is 2.33. The molecule has 1 aliphatic heterocycles. The van der Waals surface area contributed by atoms with Crippen molar-refractivity contribution in [1.82, 2.24) is 9.80 Å². The molecule has 0 bridgehead atoms. The van der Waals surface area contributed by atoms with Gasteiger partial charge in [0.25, 0.3) is 0 Å². The van der Waals surface area contributed by atoms with E-state index in [1.165, 1.54) is 44.3 Å². The molecule has 1 aliphatic carbocycles. The maximum absolute atomic E-state index is 5.77. The van der Waals surface area contributed by atoms with Gasteiger partial charge >= 0.3 is 0 Å². The van der Waals surface area contributed by atoms with Crippen molar-refractivity contribution in [2.75, 3.05) is 26.2 Å². The molecule has 2 N–H and O–H groups in total. The summed E-state index contributed by atoms with van der Waals surface area (Å²) in [6.07, 6.45) is 5.45. The van der Waals surface area contributed by atoms with Gasteiger partial charge < -0.3 is 5.73 Å². The van der Waals surface area contributed by atoms with Crippen molar-refractivity contribution in [2.45, 2.75) is 44.3 Å². The van der Waals surface area contributed by atoms with Crippen molar-refractivity contribution in [3.63, 3.8) is 0 Å². The third-order valence-electron chi connectivity index (χ3n) is 4.65. The topological polar surface area (TPSA) is 32.5 Å². The zero-order chi connectivity index (χ0) is 13.8. The first-order valence-corrected chi connectivity index (χ1v) is 8.09. The van der Waals surface area contributed by atoms with Gasteiger partial charge in [0.15, 0.2) is 0 Å². The van der Waals surface area contributed by atoms with Crippen LogP contribution in [0.4, 0.5) is 0 Å². The third kappa shape index (κ3) is 3.60. The Bertz CT molecular complexity index is 402. The largest absolute Gasteiger partial charge is 0.329 e. The van der Waals surface area contributed by atoms with Crippen molar-refractivity contribution < 1.29 is 0 Å². The van der Waals surface area contributed by atoms with E-state index in [0.717, 1.165) is 31.7 Å². The number of hydrogen-bond acceptors (Lipinski definition) is 3. The smallest absolute Gasteiger partial charge is 0.0237 e. The van der Waals surface area contributed by atoms with Crippen LogP contribution < -0.4 is 5.73 Å². The minimum atomic E-state index is 0.724. The molecule has 1 heterocycles. The summed E-state index contributed by atoms with van der Waals surface area (Å²) in [5.74, 6) is 0. The number of benzene rings is 1. The Morgan fingerprint density at radius 3 is 2.65 bits per heavy atom. The molecule has 1 atom stereocenters. The van der Waals surface area contributed by atoms with E-state index in [2.05, 4.69) is 40.1 Å². The quantitative estimate of drug-likeness (QED) is 0.825. The lowest BCUT2D eigenvalue weighted by molar-refractivity contribution is 0.163. The zero-order valence-corrected chi connectivity index (χ0v) is 12.4. The van der Waals surface area contributed by atoms with Gasteiger partial charge in [-0.2, -0.15) is 0 Å². The molecule has 110 valence electrons. The summed E-state index contributed by atoms with van der Waals surface area (Å²) >= 11 is 0. The Labute approximate surface area is 122 Å². The first-order chi connectivity index (χ1) is 9.86. The molecular weight excluding hydrogens is 246 g/mol. The summed E-state index contributed by atoms with van der Waals surface area (Å²) in [4.78, 5) is 5.30. The third-order valence-corrected chi connectivity index (χ3v) is 4.65. The standard InChI is InChI=1S/C17H27N3/c18-10-12-20(16-8-9-16)14-17-7-4-11-19(17)13-15-5-2-1-3-6-15/h1-3,5-6,16-17H,4,7-14,18H2/t17-/m1/s1. The van der Waals surface area contributed by atoms with Crippen LogP contribution in [0.25, 0.3) is 0 Å². The van der Waals surface area contributed by atoms with Crippen molar-refractivity contribution in [2.24, 2.45) is 5.73 Å². The van der Waals surface area contributed by atoms with Gasteiger partial charge in [0.1, 0.15) is 0 Å². The molecule has 2 aliphatic rings. The van der Waals surface area contributed by atoms with E-state index in [9.17, 15) is 0 Å². The van der Waals surface area contributed by atoms with Crippen LogP contribution in [0.3, 0.4) is 0 Å². The number of hydrogen-bond donors (Lipinski definition) is 1. The van der Waals surface area contributed by atoms with Gasteiger partial charge in [-0.15, -0.1) is 0 Å². The van der Waals surface area contributed by atoms with Gasteiger partial charge in [0.05, 0.1) is 0 Å². The minimum absolute atomic E-state index is 0.724. The van der Waals surface area contributed by atoms with Crippen LogP contribution in [0.1, 0.15) is 31.2 Å². The fourth-order valence-electron chi connectivity index (χ4n) is 3.43. The van der Waals surface area contributed by atoms with E-state index in [4.69, 9.17) is 5.73 Å². The number of rotatable bonds is 7. The van der Waals surface area contributed by atoms with Gasteiger partial charge in [-0.05, 0) is 37.8 Å². The van der Waals surface area contributed by atoms with Gasteiger partial charge in [-0.3, -0.25) is 9.80 Å². The number of nitrogens with two attached hydrogens (primary N) is 1. The molecule has 1 aromatic rings. The molecule has 0 radical (unpaired) electrons. The van der Waals surface area contributed by atoms with Crippen molar-refractivity contribution >= 4 is 0 Å². The fourth-order valence-corrected chi connectivity index (χ4v) is 3.43. The van der Waals surface area contributed by atoms with Crippen molar-refractivity contribution in [3.8, 4) is 0 Å². The average Bonchev–Trinajstić information content (AvgIpc) is 3.23. The summed E-state index contributed by atoms with van der Waals surface area (Å²) in [5, 5.41) is 0. The Morgan fingerprint density at radius 1 is 1.15 bits per heavy atom. The Morgan fingerprint density at radius 2 is 1.95 bits per heavy atom. The maximum Gasteiger partial charge on any atom is 0.0237 e. The summed E-state index contributed by atoms with van der Waals surface area (Å²) < 4.78 is 0. The Kier molecular flexibility index (Phi) is 4.71. The lowest BCUT2D eigenvalue weighted by atomic mass is 10.1. The minimum Gasteiger partial charge on any atom is -0.329 e. The molecule has 0 unspecified atom stereocenters. The number of nitrogens with zero attached hydrogens (tertiary/aromatic N) is 2. The van der Waals surface area contributed by atoms with Crippen LogP contribution in [0.2, 0.25) is 0 Å². The summed E-state index contributed by atoms with van der Waals surface area (Å²) in [5.41, 5.74) is 7.21. The van der Waals surface area contributed by atoms with E-state index in [1.807, 2.05) is 0 Å². The molecule has 0 spiro atoms. The second-order valence-corrected chi connectivity index (χ2v) is 6.27. The van der Waals surface area contributed by atoms with Crippen molar-refractivity contribution in [3.05, 3.63) is 35.9 Å². The summed E-state index contributed by atoms with van der Waals surface area (Å²) in [6.45, 7) is 5.43. The lowest BCUT2D eigenvalue weighted by Crippen LogP contribution is -2.42. The second kappa shape index (κ2) is 6.70. The normalized spacial score (nSPS) is 23.6. The molecule has 1 saturated heterocycles. The Balaban J connectivity index is 1.57. The van der Waals surface area contributed by atoms with E-state index in [1.54, 1.807) is 0 Å². The van der Waals surface area contributed by atoms with Crippen LogP contribution in [0.5, 0.6) is 0 Å². The molecule has 3 rings (SSSR count). The van der Waals surface area contributed by atoms with Gasteiger partial charge in [-0.25, -0.2) is 0 Å². The summed E-state index contributed by atoms with van der Waals surface area (Å²) in [7, 11) is 0. The van der Waals surface area contributed by atoms with Crippen LogP contribution >= 0.6 is 0 Å². The molecule has 3 nitrogen and oxygen atoms in total. The van der Waals surface area contributed by atoms with E-state index in [-0.39, 0.29) is 0 Å². The van der Waals surface area contributed by atoms with Crippen LogP contribution in [-0.2, 0) is 6.54 Å².